The molecule has 0 aliphatic heterocycles. The molecule has 0 atom stereocenters. The maximum absolute atomic E-state index is 12.0. The van der Waals surface area contributed by atoms with Gasteiger partial charge in [0, 0.05) is 11.8 Å². The number of methoxy groups -OCH3 is 3. The van der Waals surface area contributed by atoms with Crippen molar-refractivity contribution in [2.45, 2.75) is 13.5 Å². The van der Waals surface area contributed by atoms with E-state index >= 15 is 0 Å². The van der Waals surface area contributed by atoms with Crippen LogP contribution in [0.2, 0.25) is 0 Å². The Bertz CT molecular complexity index is 747. The third kappa shape index (κ3) is 4.97. The lowest BCUT2D eigenvalue weighted by Crippen LogP contribution is -2.20. The molecule has 0 aliphatic rings. The van der Waals surface area contributed by atoms with Crippen LogP contribution in [0.4, 0.5) is 0 Å². The van der Waals surface area contributed by atoms with Gasteiger partial charge < -0.3 is 19.5 Å². The van der Waals surface area contributed by atoms with Crippen molar-refractivity contribution < 1.29 is 19.0 Å². The van der Waals surface area contributed by atoms with Gasteiger partial charge in [-0.15, -0.1) is 0 Å². The number of benzene rings is 1. The van der Waals surface area contributed by atoms with Crippen molar-refractivity contribution in [3.8, 4) is 17.2 Å². The molecule has 6 heteroatoms. The first-order chi connectivity index (χ1) is 12.1. The van der Waals surface area contributed by atoms with Gasteiger partial charge in [0.05, 0.1) is 33.6 Å². The van der Waals surface area contributed by atoms with Gasteiger partial charge in [-0.05, 0) is 42.8 Å². The van der Waals surface area contributed by atoms with Crippen LogP contribution in [-0.4, -0.2) is 32.2 Å². The van der Waals surface area contributed by atoms with E-state index in [9.17, 15) is 4.79 Å². The van der Waals surface area contributed by atoms with Gasteiger partial charge in [0.2, 0.25) is 11.7 Å². The highest BCUT2D eigenvalue weighted by atomic mass is 16.5. The van der Waals surface area contributed by atoms with Gasteiger partial charge in [0.15, 0.2) is 11.5 Å². The molecule has 1 heterocycles. The quantitative estimate of drug-likeness (QED) is 0.784. The summed E-state index contributed by atoms with van der Waals surface area (Å²) in [6, 6.07) is 9.24. The summed E-state index contributed by atoms with van der Waals surface area (Å²) in [7, 11) is 4.64. The topological polar surface area (TPSA) is 69.7 Å². The summed E-state index contributed by atoms with van der Waals surface area (Å²) < 4.78 is 15.9. The summed E-state index contributed by atoms with van der Waals surface area (Å²) in [5.41, 5.74) is 2.49. The Morgan fingerprint density at radius 1 is 1.12 bits per heavy atom. The number of aromatic nitrogens is 1. The number of hydrogen-bond donors (Lipinski definition) is 1. The first kappa shape index (κ1) is 18.3. The molecule has 1 aromatic heterocycles. The first-order valence-corrected chi connectivity index (χ1v) is 7.75. The molecule has 0 spiro atoms. The highest BCUT2D eigenvalue weighted by Crippen LogP contribution is 2.38. The number of carbonyl (C=O) groups is 1. The number of pyridine rings is 1. The lowest BCUT2D eigenvalue weighted by molar-refractivity contribution is -0.116. The van der Waals surface area contributed by atoms with Gasteiger partial charge in [-0.2, -0.15) is 0 Å². The minimum Gasteiger partial charge on any atom is -0.493 e. The summed E-state index contributed by atoms with van der Waals surface area (Å²) >= 11 is 0. The molecule has 0 aliphatic carbocycles. The monoisotopic (exact) mass is 342 g/mol. The third-order valence-corrected chi connectivity index (χ3v) is 3.50. The molecule has 0 saturated carbocycles. The van der Waals surface area contributed by atoms with Crippen molar-refractivity contribution in [3.63, 3.8) is 0 Å². The molecule has 132 valence electrons. The molecule has 1 amide bonds. The predicted molar refractivity (Wildman–Crippen MR) is 96.0 cm³/mol. The molecule has 1 aromatic carbocycles. The van der Waals surface area contributed by atoms with E-state index < -0.39 is 0 Å². The molecule has 2 rings (SSSR count). The number of hydrogen-bond acceptors (Lipinski definition) is 5. The van der Waals surface area contributed by atoms with Crippen LogP contribution in [0.5, 0.6) is 17.2 Å². The van der Waals surface area contributed by atoms with E-state index in [0.29, 0.717) is 23.8 Å². The third-order valence-electron chi connectivity index (χ3n) is 3.50. The summed E-state index contributed by atoms with van der Waals surface area (Å²) in [4.78, 5) is 16.3. The zero-order chi connectivity index (χ0) is 18.2. The molecule has 0 saturated heterocycles. The van der Waals surface area contributed by atoms with Gasteiger partial charge >= 0.3 is 0 Å². The highest BCUT2D eigenvalue weighted by Gasteiger charge is 2.12. The van der Waals surface area contributed by atoms with Crippen LogP contribution in [-0.2, 0) is 11.3 Å². The van der Waals surface area contributed by atoms with Crippen molar-refractivity contribution in [2.75, 3.05) is 21.3 Å². The number of aryl methyl sites for hydroxylation is 1. The molecule has 25 heavy (non-hydrogen) atoms. The largest absolute Gasteiger partial charge is 0.493 e. The normalized spacial score (nSPS) is 10.6. The number of nitrogens with one attached hydrogen (secondary N) is 1. The number of nitrogens with zero attached hydrogens (tertiary/aromatic N) is 1. The second-order valence-electron chi connectivity index (χ2n) is 5.28. The van der Waals surface area contributed by atoms with Gasteiger partial charge in [0.1, 0.15) is 0 Å². The fourth-order valence-corrected chi connectivity index (χ4v) is 2.30. The van der Waals surface area contributed by atoms with Crippen molar-refractivity contribution in [1.82, 2.24) is 10.3 Å². The fraction of sp³-hybridized carbons (Fsp3) is 0.263. The minimum atomic E-state index is -0.211. The van der Waals surface area contributed by atoms with Crippen molar-refractivity contribution in [2.24, 2.45) is 0 Å². The molecular weight excluding hydrogens is 320 g/mol. The van der Waals surface area contributed by atoms with E-state index in [1.54, 1.807) is 39.5 Å². The van der Waals surface area contributed by atoms with Crippen LogP contribution in [0.15, 0.2) is 36.4 Å². The molecule has 1 N–H and O–H groups in total. The van der Waals surface area contributed by atoms with Crippen molar-refractivity contribution >= 4 is 12.0 Å². The zero-order valence-corrected chi connectivity index (χ0v) is 14.8. The lowest BCUT2D eigenvalue weighted by atomic mass is 10.1. The predicted octanol–water partition coefficient (Wildman–Crippen LogP) is 2.75. The average molecular weight is 342 g/mol. The summed E-state index contributed by atoms with van der Waals surface area (Å²) in [6.07, 6.45) is 3.14. The van der Waals surface area contributed by atoms with E-state index in [4.69, 9.17) is 14.2 Å². The summed E-state index contributed by atoms with van der Waals surface area (Å²) in [6.45, 7) is 2.29. The van der Waals surface area contributed by atoms with Crippen LogP contribution in [0.3, 0.4) is 0 Å². The van der Waals surface area contributed by atoms with Gasteiger partial charge in [-0.1, -0.05) is 6.07 Å². The van der Waals surface area contributed by atoms with E-state index in [1.807, 2.05) is 25.1 Å². The Balaban J connectivity index is 2.06. The molecule has 0 fully saturated rings. The smallest absolute Gasteiger partial charge is 0.244 e. The zero-order valence-electron chi connectivity index (χ0n) is 14.8. The molecule has 6 nitrogen and oxygen atoms in total. The Hall–Kier alpha value is -3.02. The van der Waals surface area contributed by atoms with E-state index in [2.05, 4.69) is 10.3 Å². The molecule has 2 aromatic rings. The minimum absolute atomic E-state index is 0.211. The molecule has 0 radical (unpaired) electrons. The Labute approximate surface area is 147 Å². The van der Waals surface area contributed by atoms with Crippen LogP contribution in [0.1, 0.15) is 17.0 Å². The Morgan fingerprint density at radius 3 is 2.36 bits per heavy atom. The van der Waals surface area contributed by atoms with E-state index in [-0.39, 0.29) is 5.91 Å². The number of rotatable bonds is 7. The van der Waals surface area contributed by atoms with Crippen LogP contribution in [0, 0.1) is 6.92 Å². The number of amides is 1. The standard InChI is InChI=1S/C19H22N2O4/c1-13-6-5-7-15(21-13)12-20-18(22)9-8-14-10-16(23-2)19(25-4)17(11-14)24-3/h5-11H,12H2,1-4H3,(H,20,22)/b9-8+. The lowest BCUT2D eigenvalue weighted by Gasteiger charge is -2.12. The second kappa shape index (κ2) is 8.73. The van der Waals surface area contributed by atoms with Crippen molar-refractivity contribution in [3.05, 3.63) is 53.4 Å². The molecule has 0 unspecified atom stereocenters. The van der Waals surface area contributed by atoms with Crippen molar-refractivity contribution in [1.29, 1.82) is 0 Å². The second-order valence-corrected chi connectivity index (χ2v) is 5.28. The number of ether oxygens (including phenoxy) is 3. The average Bonchev–Trinajstić information content (AvgIpc) is 2.63. The maximum Gasteiger partial charge on any atom is 0.244 e. The summed E-state index contributed by atoms with van der Waals surface area (Å²) in [5, 5.41) is 2.80. The number of carbonyl (C=O) groups excluding carboxylic acids is 1. The van der Waals surface area contributed by atoms with Crippen LogP contribution in [0.25, 0.3) is 6.08 Å². The van der Waals surface area contributed by atoms with Gasteiger partial charge in [-0.3, -0.25) is 9.78 Å². The first-order valence-electron chi connectivity index (χ1n) is 7.75. The molecular formula is C19H22N2O4. The van der Waals surface area contributed by atoms with Gasteiger partial charge in [-0.25, -0.2) is 0 Å². The summed E-state index contributed by atoms with van der Waals surface area (Å²) in [5.74, 6) is 1.37. The van der Waals surface area contributed by atoms with Crippen LogP contribution >= 0.6 is 0 Å². The fourth-order valence-electron chi connectivity index (χ4n) is 2.30. The van der Waals surface area contributed by atoms with E-state index in [0.717, 1.165) is 17.0 Å². The Morgan fingerprint density at radius 2 is 1.80 bits per heavy atom. The SMILES string of the molecule is COc1cc(/C=C/C(=O)NCc2cccc(C)n2)cc(OC)c1OC. The van der Waals surface area contributed by atoms with Gasteiger partial charge in [0.25, 0.3) is 0 Å². The van der Waals surface area contributed by atoms with Crippen LogP contribution < -0.4 is 19.5 Å². The maximum atomic E-state index is 12.0. The van der Waals surface area contributed by atoms with E-state index in [1.165, 1.54) is 6.08 Å². The Kier molecular flexibility index (Phi) is 6.39. The highest BCUT2D eigenvalue weighted by molar-refractivity contribution is 5.91. The molecule has 0 bridgehead atoms.